The first-order valence-electron chi connectivity index (χ1n) is 10.8. The van der Waals surface area contributed by atoms with Gasteiger partial charge in [-0.3, -0.25) is 9.59 Å². The average Bonchev–Trinajstić information content (AvgIpc) is 3.02. The summed E-state index contributed by atoms with van der Waals surface area (Å²) < 4.78 is 0. The first kappa shape index (κ1) is 21.1. The van der Waals surface area contributed by atoms with Crippen LogP contribution in [-0.2, 0) is 9.59 Å². The van der Waals surface area contributed by atoms with Crippen molar-refractivity contribution in [3.05, 3.63) is 71.8 Å². The van der Waals surface area contributed by atoms with Crippen molar-refractivity contribution in [3.63, 3.8) is 0 Å². The zero-order valence-electron chi connectivity index (χ0n) is 17.3. The number of benzene rings is 2. The maximum atomic E-state index is 13.1. The predicted octanol–water partition coefficient (Wildman–Crippen LogP) is 4.51. The van der Waals surface area contributed by atoms with Crippen LogP contribution in [0.2, 0.25) is 0 Å². The van der Waals surface area contributed by atoms with Crippen molar-refractivity contribution in [1.29, 1.82) is 0 Å². The Morgan fingerprint density at radius 3 is 1.90 bits per heavy atom. The Balaban J connectivity index is 1.65. The first-order chi connectivity index (χ1) is 14.2. The molecule has 0 aliphatic heterocycles. The fourth-order valence-corrected chi connectivity index (χ4v) is 4.35. The number of hydrogen-bond donors (Lipinski definition) is 1. The second-order valence-electron chi connectivity index (χ2n) is 7.90. The molecule has 0 unspecified atom stereocenters. The molecule has 0 aromatic heterocycles. The molecule has 1 N–H and O–H groups in total. The predicted molar refractivity (Wildman–Crippen MR) is 117 cm³/mol. The highest BCUT2D eigenvalue weighted by molar-refractivity contribution is 5.87. The SMILES string of the molecule is CC(=O)N(CCNC(=O)C(c1ccccc1)c1ccccc1)C1CCCCCC1. The lowest BCUT2D eigenvalue weighted by Crippen LogP contribution is -2.44. The number of carbonyl (C=O) groups excluding carboxylic acids is 2. The van der Waals surface area contributed by atoms with Crippen molar-refractivity contribution < 1.29 is 9.59 Å². The molecule has 1 saturated carbocycles. The maximum absolute atomic E-state index is 13.1. The second kappa shape index (κ2) is 10.8. The number of carbonyl (C=O) groups is 2. The molecule has 0 heterocycles. The molecule has 1 fully saturated rings. The Bertz CT molecular complexity index is 728. The van der Waals surface area contributed by atoms with Crippen LogP contribution in [0.3, 0.4) is 0 Å². The Labute approximate surface area is 174 Å². The standard InChI is InChI=1S/C25H32N2O2/c1-20(28)27(23-16-10-2-3-11-17-23)19-18-26-25(29)24(21-12-6-4-7-13-21)22-14-8-5-9-15-22/h4-9,12-15,23-24H,2-3,10-11,16-19H2,1H3,(H,26,29). The summed E-state index contributed by atoms with van der Waals surface area (Å²) in [7, 11) is 0. The summed E-state index contributed by atoms with van der Waals surface area (Å²) in [6.45, 7) is 2.69. The highest BCUT2D eigenvalue weighted by Gasteiger charge is 2.24. The van der Waals surface area contributed by atoms with Crippen molar-refractivity contribution in [1.82, 2.24) is 10.2 Å². The second-order valence-corrected chi connectivity index (χ2v) is 7.90. The first-order valence-corrected chi connectivity index (χ1v) is 10.8. The highest BCUT2D eigenvalue weighted by Crippen LogP contribution is 2.25. The number of rotatable bonds is 7. The molecule has 4 nitrogen and oxygen atoms in total. The molecule has 1 aliphatic rings. The molecule has 0 atom stereocenters. The molecule has 0 bridgehead atoms. The summed E-state index contributed by atoms with van der Waals surface area (Å²) >= 11 is 0. The minimum absolute atomic E-state index is 0.0215. The van der Waals surface area contributed by atoms with Crippen LogP contribution < -0.4 is 5.32 Å². The van der Waals surface area contributed by atoms with Crippen LogP contribution in [-0.4, -0.2) is 35.8 Å². The van der Waals surface area contributed by atoms with E-state index in [2.05, 4.69) is 5.32 Å². The van der Waals surface area contributed by atoms with Gasteiger partial charge < -0.3 is 10.2 Å². The Morgan fingerprint density at radius 2 is 1.41 bits per heavy atom. The van der Waals surface area contributed by atoms with E-state index in [9.17, 15) is 9.59 Å². The maximum Gasteiger partial charge on any atom is 0.232 e. The molecule has 0 saturated heterocycles. The normalized spacial score (nSPS) is 15.0. The van der Waals surface area contributed by atoms with E-state index in [4.69, 9.17) is 0 Å². The lowest BCUT2D eigenvalue weighted by atomic mass is 9.90. The van der Waals surface area contributed by atoms with Crippen molar-refractivity contribution >= 4 is 11.8 Å². The molecule has 2 aromatic rings. The lowest BCUT2D eigenvalue weighted by molar-refractivity contribution is -0.132. The summed E-state index contributed by atoms with van der Waals surface area (Å²) in [6.07, 6.45) is 7.04. The van der Waals surface area contributed by atoms with Crippen molar-refractivity contribution in [2.24, 2.45) is 0 Å². The molecule has 1 aliphatic carbocycles. The van der Waals surface area contributed by atoms with Gasteiger partial charge in [-0.2, -0.15) is 0 Å². The van der Waals surface area contributed by atoms with Crippen LogP contribution in [0.4, 0.5) is 0 Å². The van der Waals surface area contributed by atoms with E-state index >= 15 is 0 Å². The van der Waals surface area contributed by atoms with Crippen molar-refractivity contribution in [3.8, 4) is 0 Å². The number of nitrogens with zero attached hydrogens (tertiary/aromatic N) is 1. The molecule has 3 rings (SSSR count). The Hall–Kier alpha value is -2.62. The quantitative estimate of drug-likeness (QED) is 0.705. The van der Waals surface area contributed by atoms with Gasteiger partial charge in [-0.1, -0.05) is 86.3 Å². The summed E-state index contributed by atoms with van der Waals surface area (Å²) in [4.78, 5) is 27.3. The Kier molecular flexibility index (Phi) is 7.85. The van der Waals surface area contributed by atoms with Crippen LogP contribution in [0.15, 0.2) is 60.7 Å². The van der Waals surface area contributed by atoms with Gasteiger partial charge in [-0.25, -0.2) is 0 Å². The van der Waals surface area contributed by atoms with Crippen LogP contribution in [0.5, 0.6) is 0 Å². The van der Waals surface area contributed by atoms with E-state index in [1.54, 1.807) is 6.92 Å². The van der Waals surface area contributed by atoms with Gasteiger partial charge in [-0.05, 0) is 24.0 Å². The monoisotopic (exact) mass is 392 g/mol. The minimum atomic E-state index is -0.346. The molecular weight excluding hydrogens is 360 g/mol. The highest BCUT2D eigenvalue weighted by atomic mass is 16.2. The van der Waals surface area contributed by atoms with E-state index in [1.807, 2.05) is 65.6 Å². The zero-order chi connectivity index (χ0) is 20.5. The van der Waals surface area contributed by atoms with Crippen LogP contribution in [0.25, 0.3) is 0 Å². The number of nitrogens with one attached hydrogen (secondary N) is 1. The fourth-order valence-electron chi connectivity index (χ4n) is 4.35. The van der Waals surface area contributed by atoms with Gasteiger partial charge in [0.25, 0.3) is 0 Å². The van der Waals surface area contributed by atoms with E-state index in [1.165, 1.54) is 25.7 Å². The molecule has 2 amide bonds. The molecular formula is C25H32N2O2. The largest absolute Gasteiger partial charge is 0.354 e. The Morgan fingerprint density at radius 1 is 0.897 bits per heavy atom. The van der Waals surface area contributed by atoms with Crippen molar-refractivity contribution in [2.75, 3.05) is 13.1 Å². The molecule has 154 valence electrons. The minimum Gasteiger partial charge on any atom is -0.354 e. The van der Waals surface area contributed by atoms with Crippen LogP contribution >= 0.6 is 0 Å². The van der Waals surface area contributed by atoms with E-state index in [-0.39, 0.29) is 17.7 Å². The molecule has 29 heavy (non-hydrogen) atoms. The van der Waals surface area contributed by atoms with Crippen LogP contribution in [0, 0.1) is 0 Å². The van der Waals surface area contributed by atoms with Gasteiger partial charge in [0.2, 0.25) is 11.8 Å². The third kappa shape index (κ3) is 5.93. The van der Waals surface area contributed by atoms with Gasteiger partial charge in [-0.15, -0.1) is 0 Å². The van der Waals surface area contributed by atoms with E-state index in [0.717, 1.165) is 24.0 Å². The average molecular weight is 393 g/mol. The van der Waals surface area contributed by atoms with Gasteiger partial charge in [0, 0.05) is 26.1 Å². The summed E-state index contributed by atoms with van der Waals surface area (Å²) in [6, 6.07) is 20.0. The zero-order valence-corrected chi connectivity index (χ0v) is 17.3. The molecule has 0 spiro atoms. The van der Waals surface area contributed by atoms with Gasteiger partial charge in [0.1, 0.15) is 0 Å². The summed E-state index contributed by atoms with van der Waals surface area (Å²) in [5.41, 5.74) is 1.95. The number of hydrogen-bond acceptors (Lipinski definition) is 2. The molecule has 4 heteroatoms. The van der Waals surface area contributed by atoms with E-state index in [0.29, 0.717) is 19.1 Å². The van der Waals surface area contributed by atoms with Gasteiger partial charge in [0.15, 0.2) is 0 Å². The molecule has 0 radical (unpaired) electrons. The summed E-state index contributed by atoms with van der Waals surface area (Å²) in [5, 5.41) is 3.09. The lowest BCUT2D eigenvalue weighted by Gasteiger charge is -2.30. The molecule has 2 aromatic carbocycles. The number of amides is 2. The third-order valence-corrected chi connectivity index (χ3v) is 5.85. The van der Waals surface area contributed by atoms with Crippen molar-refractivity contribution in [2.45, 2.75) is 57.4 Å². The third-order valence-electron chi connectivity index (χ3n) is 5.85. The smallest absolute Gasteiger partial charge is 0.232 e. The summed E-state index contributed by atoms with van der Waals surface area (Å²) in [5.74, 6) is -0.262. The van der Waals surface area contributed by atoms with Gasteiger partial charge >= 0.3 is 0 Å². The van der Waals surface area contributed by atoms with Gasteiger partial charge in [0.05, 0.1) is 5.92 Å². The van der Waals surface area contributed by atoms with E-state index < -0.39 is 0 Å². The fraction of sp³-hybridized carbons (Fsp3) is 0.440. The van der Waals surface area contributed by atoms with Crippen LogP contribution in [0.1, 0.15) is 62.5 Å². The topological polar surface area (TPSA) is 49.4 Å².